The van der Waals surface area contributed by atoms with E-state index >= 15 is 0 Å². The van der Waals surface area contributed by atoms with Crippen molar-refractivity contribution in [1.82, 2.24) is 4.90 Å². The Balaban J connectivity index is 1.21. The molecule has 3 atom stereocenters. The number of anilines is 2. The van der Waals surface area contributed by atoms with Gasteiger partial charge in [0.2, 0.25) is 12.7 Å². The van der Waals surface area contributed by atoms with E-state index in [1.807, 2.05) is 0 Å². The van der Waals surface area contributed by atoms with Crippen LogP contribution in [0, 0.1) is 5.92 Å². The van der Waals surface area contributed by atoms with Gasteiger partial charge < -0.3 is 35.8 Å². The minimum absolute atomic E-state index is 0.00182. The molecule has 5 rings (SSSR count). The number of nitrogens with two attached hydrogens (primary N) is 1. The number of fused-ring (bicyclic) bond motifs is 1. The van der Waals surface area contributed by atoms with Gasteiger partial charge in [-0.05, 0) is 60.4 Å². The Morgan fingerprint density at radius 3 is 2.48 bits per heavy atom. The Labute approximate surface area is 246 Å². The Morgan fingerprint density at radius 2 is 1.74 bits per heavy atom. The Kier molecular flexibility index (Phi) is 8.60. The van der Waals surface area contributed by atoms with Crippen molar-refractivity contribution in [2.75, 3.05) is 24.0 Å². The number of ether oxygens (including phenoxy) is 2. The van der Waals surface area contributed by atoms with E-state index < -0.39 is 35.8 Å². The highest BCUT2D eigenvalue weighted by molar-refractivity contribution is 6.33. The van der Waals surface area contributed by atoms with Crippen molar-refractivity contribution in [2.45, 2.75) is 31.3 Å². The minimum atomic E-state index is -1.55. The number of nitrogens with one attached hydrogen (secondary N) is 2. The predicted molar refractivity (Wildman–Crippen MR) is 155 cm³/mol. The number of rotatable bonds is 9. The van der Waals surface area contributed by atoms with Crippen molar-refractivity contribution in [2.24, 2.45) is 11.7 Å². The van der Waals surface area contributed by atoms with Gasteiger partial charge >= 0.3 is 12.0 Å². The quantitative estimate of drug-likeness (QED) is 0.269. The van der Waals surface area contributed by atoms with Gasteiger partial charge in [-0.15, -0.1) is 0 Å². The molecule has 3 aromatic rings. The topological polar surface area (TPSA) is 160 Å². The number of ketones is 1. The normalized spacial score (nSPS) is 16.9. The number of aliphatic carboxylic acids is 1. The van der Waals surface area contributed by atoms with Crippen LogP contribution in [0.4, 0.5) is 16.2 Å². The van der Waals surface area contributed by atoms with Crippen LogP contribution in [0.5, 0.6) is 11.5 Å². The average molecular weight is 593 g/mol. The SMILES string of the molecule is N[C@H](c1ccc2c(c1)OCO2)C(C(=O)O)C(=O)[C@@H]1CCCN1C(=O)Cc1ccc(NC(=O)Nc2ccccc2Cl)cc1. The van der Waals surface area contributed by atoms with Crippen LogP contribution in [0.15, 0.2) is 66.7 Å². The first-order valence-electron chi connectivity index (χ1n) is 13.3. The number of hydrogen-bond donors (Lipinski definition) is 4. The number of urea groups is 1. The molecule has 2 heterocycles. The molecule has 0 spiro atoms. The van der Waals surface area contributed by atoms with Gasteiger partial charge in [0.05, 0.1) is 29.2 Å². The number of halogens is 1. The van der Waals surface area contributed by atoms with Gasteiger partial charge in [-0.25, -0.2) is 4.79 Å². The molecule has 12 heteroatoms. The summed E-state index contributed by atoms with van der Waals surface area (Å²) in [6, 6.07) is 15.9. The highest BCUT2D eigenvalue weighted by Gasteiger charge is 2.43. The van der Waals surface area contributed by atoms with E-state index in [4.69, 9.17) is 26.8 Å². The van der Waals surface area contributed by atoms with Crippen LogP contribution in [0.2, 0.25) is 5.02 Å². The smallest absolute Gasteiger partial charge is 0.323 e. The van der Waals surface area contributed by atoms with E-state index in [0.717, 1.165) is 0 Å². The van der Waals surface area contributed by atoms with Gasteiger partial charge in [0.25, 0.3) is 0 Å². The van der Waals surface area contributed by atoms with Crippen LogP contribution >= 0.6 is 11.6 Å². The number of benzene rings is 3. The van der Waals surface area contributed by atoms with Crippen LogP contribution in [-0.2, 0) is 20.8 Å². The summed E-state index contributed by atoms with van der Waals surface area (Å²) in [6.07, 6.45) is 0.921. The Bertz CT molecular complexity index is 1510. The van der Waals surface area contributed by atoms with Gasteiger partial charge in [0.1, 0.15) is 5.92 Å². The fourth-order valence-corrected chi connectivity index (χ4v) is 5.35. The molecule has 0 aromatic heterocycles. The summed E-state index contributed by atoms with van der Waals surface area (Å²) in [4.78, 5) is 52.8. The number of carboxylic acid groups (broad SMARTS) is 1. The maximum Gasteiger partial charge on any atom is 0.323 e. The maximum atomic E-state index is 13.5. The van der Waals surface area contributed by atoms with E-state index in [1.165, 1.54) is 4.90 Å². The van der Waals surface area contributed by atoms with Gasteiger partial charge in [-0.3, -0.25) is 14.4 Å². The summed E-state index contributed by atoms with van der Waals surface area (Å²) in [5.41, 5.74) is 8.37. The summed E-state index contributed by atoms with van der Waals surface area (Å²) >= 11 is 6.08. The summed E-state index contributed by atoms with van der Waals surface area (Å²) in [6.45, 7) is 0.384. The summed E-state index contributed by atoms with van der Waals surface area (Å²) < 4.78 is 10.6. The lowest BCUT2D eigenvalue weighted by Crippen LogP contribution is -2.47. The minimum Gasteiger partial charge on any atom is -0.481 e. The number of Topliss-reactive ketones (excluding diaryl/α,β-unsaturated/α-hetero) is 1. The zero-order chi connectivity index (χ0) is 29.8. The van der Waals surface area contributed by atoms with E-state index in [-0.39, 0.29) is 19.1 Å². The second-order valence-corrected chi connectivity index (χ2v) is 10.4. The number of carbonyl (C=O) groups excluding carboxylic acids is 3. The molecule has 0 aliphatic carbocycles. The molecule has 0 radical (unpaired) electrons. The first-order valence-corrected chi connectivity index (χ1v) is 13.7. The number of carboxylic acids is 1. The van der Waals surface area contributed by atoms with Crippen LogP contribution in [0.25, 0.3) is 0 Å². The molecule has 2 aliphatic rings. The van der Waals surface area contributed by atoms with Gasteiger partial charge in [-0.1, -0.05) is 41.9 Å². The maximum absolute atomic E-state index is 13.5. The standard InChI is InChI=1S/C30H29ClN4O7/c31-20-4-1-2-5-21(20)34-30(40)33-19-10-7-17(8-11-19)14-25(36)35-13-3-6-22(35)28(37)26(29(38)39)27(32)18-9-12-23-24(15-18)42-16-41-23/h1-2,4-5,7-12,15,22,26-27H,3,6,13-14,16,32H2,(H,38,39)(H2,33,34,40)/t22-,26?,27+/m0/s1. The molecule has 5 N–H and O–H groups in total. The van der Waals surface area contributed by atoms with Gasteiger partial charge in [-0.2, -0.15) is 0 Å². The van der Waals surface area contributed by atoms with Crippen LogP contribution in [0.1, 0.15) is 30.0 Å². The van der Waals surface area contributed by atoms with E-state index in [0.29, 0.717) is 58.4 Å². The lowest BCUT2D eigenvalue weighted by molar-refractivity contribution is -0.150. The average Bonchev–Trinajstić information content (AvgIpc) is 3.65. The highest BCUT2D eigenvalue weighted by Crippen LogP contribution is 2.36. The zero-order valence-corrected chi connectivity index (χ0v) is 23.2. The number of carbonyl (C=O) groups is 4. The molecular weight excluding hydrogens is 564 g/mol. The molecule has 218 valence electrons. The predicted octanol–water partition coefficient (Wildman–Crippen LogP) is 4.22. The molecular formula is C30H29ClN4O7. The number of hydrogen-bond acceptors (Lipinski definition) is 7. The summed E-state index contributed by atoms with van der Waals surface area (Å²) in [5, 5.41) is 15.8. The summed E-state index contributed by atoms with van der Waals surface area (Å²) in [5.74, 6) is -2.87. The second-order valence-electron chi connectivity index (χ2n) is 10.0. The van der Waals surface area contributed by atoms with E-state index in [2.05, 4.69) is 10.6 Å². The highest BCUT2D eigenvalue weighted by atomic mass is 35.5. The molecule has 3 aromatic carbocycles. The van der Waals surface area contributed by atoms with E-state index in [1.54, 1.807) is 66.7 Å². The second kappa shape index (κ2) is 12.5. The number of para-hydroxylation sites is 1. The monoisotopic (exact) mass is 592 g/mol. The first-order chi connectivity index (χ1) is 20.2. The Morgan fingerprint density at radius 1 is 1.00 bits per heavy atom. The molecule has 1 unspecified atom stereocenters. The van der Waals surface area contributed by atoms with E-state index in [9.17, 15) is 24.3 Å². The molecule has 3 amide bonds. The van der Waals surface area contributed by atoms with Crippen molar-refractivity contribution in [3.63, 3.8) is 0 Å². The fraction of sp³-hybridized carbons (Fsp3) is 0.267. The molecule has 1 fully saturated rings. The largest absolute Gasteiger partial charge is 0.481 e. The molecule has 2 aliphatic heterocycles. The van der Waals surface area contributed by atoms with Crippen molar-refractivity contribution in [3.05, 3.63) is 82.9 Å². The van der Waals surface area contributed by atoms with Crippen molar-refractivity contribution in [3.8, 4) is 11.5 Å². The van der Waals surface area contributed by atoms with Crippen molar-refractivity contribution >= 4 is 46.7 Å². The van der Waals surface area contributed by atoms with Crippen molar-refractivity contribution in [1.29, 1.82) is 0 Å². The van der Waals surface area contributed by atoms with Crippen LogP contribution in [-0.4, -0.2) is 53.1 Å². The van der Waals surface area contributed by atoms with Crippen LogP contribution < -0.4 is 25.8 Å². The number of likely N-dealkylation sites (tertiary alicyclic amines) is 1. The molecule has 0 bridgehead atoms. The lowest BCUT2D eigenvalue weighted by atomic mass is 9.86. The number of amides is 3. The third kappa shape index (κ3) is 6.32. The third-order valence-corrected chi connectivity index (χ3v) is 7.63. The van der Waals surface area contributed by atoms with Gasteiger partial charge in [0, 0.05) is 12.2 Å². The first kappa shape index (κ1) is 28.9. The van der Waals surface area contributed by atoms with Gasteiger partial charge in [0.15, 0.2) is 17.3 Å². The number of nitrogens with zero attached hydrogens (tertiary/aromatic N) is 1. The van der Waals surface area contributed by atoms with Crippen molar-refractivity contribution < 1.29 is 33.8 Å². The Hall–Kier alpha value is -4.61. The molecule has 0 saturated carbocycles. The summed E-state index contributed by atoms with van der Waals surface area (Å²) in [7, 11) is 0. The molecule has 42 heavy (non-hydrogen) atoms. The van der Waals surface area contributed by atoms with Crippen LogP contribution in [0.3, 0.4) is 0 Å². The third-order valence-electron chi connectivity index (χ3n) is 7.30. The fourth-order valence-electron chi connectivity index (χ4n) is 5.16. The molecule has 11 nitrogen and oxygen atoms in total. The lowest BCUT2D eigenvalue weighted by Gasteiger charge is -2.28. The zero-order valence-electron chi connectivity index (χ0n) is 22.4. The molecule has 1 saturated heterocycles.